The minimum atomic E-state index is -0.381. The molecule has 0 aliphatic heterocycles. The van der Waals surface area contributed by atoms with Gasteiger partial charge in [0, 0.05) is 24.6 Å². The molecule has 0 fully saturated rings. The summed E-state index contributed by atoms with van der Waals surface area (Å²) in [5.41, 5.74) is 0.521. The second-order valence-electron chi connectivity index (χ2n) is 5.36. The maximum absolute atomic E-state index is 13.7. The highest BCUT2D eigenvalue weighted by atomic mass is 79.9. The number of nitrogens with zero attached hydrogens (tertiary/aromatic N) is 3. The average Bonchev–Trinajstić information content (AvgIpc) is 2.92. The molecular weight excluding hydrogens is 379 g/mol. The van der Waals surface area contributed by atoms with Crippen LogP contribution in [0.5, 0.6) is 0 Å². The van der Waals surface area contributed by atoms with E-state index < -0.39 is 0 Å². The average molecular weight is 393 g/mol. The molecule has 0 unspecified atom stereocenters. The molecule has 3 rings (SSSR count). The monoisotopic (exact) mass is 392 g/mol. The van der Waals surface area contributed by atoms with Crippen LogP contribution in [0.3, 0.4) is 0 Å². The predicted octanol–water partition coefficient (Wildman–Crippen LogP) is 3.51. The van der Waals surface area contributed by atoms with Crippen LogP contribution in [-0.2, 0) is 4.79 Å². The van der Waals surface area contributed by atoms with E-state index in [-0.39, 0.29) is 18.3 Å². The van der Waals surface area contributed by atoms with Gasteiger partial charge in [-0.3, -0.25) is 4.79 Å². The van der Waals surface area contributed by atoms with Gasteiger partial charge in [0.05, 0.1) is 16.5 Å². The van der Waals surface area contributed by atoms with Crippen LogP contribution in [0.4, 0.5) is 16.0 Å². The van der Waals surface area contributed by atoms with Gasteiger partial charge >= 0.3 is 0 Å². The fourth-order valence-electron chi connectivity index (χ4n) is 2.22. The van der Waals surface area contributed by atoms with Gasteiger partial charge in [0.1, 0.15) is 17.4 Å². The smallest absolute Gasteiger partial charge is 0.245 e. The number of anilines is 2. The zero-order chi connectivity index (χ0) is 17.3. The molecule has 1 amide bonds. The number of nitrogens with one attached hydrogen (secondary N) is 1. The Morgan fingerprint density at radius 1 is 1.38 bits per heavy atom. The maximum Gasteiger partial charge on any atom is 0.245 e. The third-order valence-electron chi connectivity index (χ3n) is 3.38. The number of pyridine rings is 1. The lowest BCUT2D eigenvalue weighted by molar-refractivity contribution is -0.115. The zero-order valence-corrected chi connectivity index (χ0v) is 14.6. The van der Waals surface area contributed by atoms with Gasteiger partial charge in [-0.1, -0.05) is 5.16 Å². The number of amides is 1. The van der Waals surface area contributed by atoms with Crippen LogP contribution in [0.2, 0.25) is 0 Å². The first-order chi connectivity index (χ1) is 11.4. The van der Waals surface area contributed by atoms with Crippen LogP contribution < -0.4 is 10.2 Å². The minimum absolute atomic E-state index is 0.0728. The van der Waals surface area contributed by atoms with Crippen molar-refractivity contribution in [1.29, 1.82) is 0 Å². The van der Waals surface area contributed by atoms with Crippen LogP contribution >= 0.6 is 15.9 Å². The number of halogens is 2. The molecule has 6 nitrogen and oxygen atoms in total. The SMILES string of the molecule is Cc1cc(NC(=O)CN(C)c2ccc3cc(Br)c(F)cc3n2)no1. The highest BCUT2D eigenvalue weighted by Crippen LogP contribution is 2.24. The molecule has 1 aromatic carbocycles. The van der Waals surface area contributed by atoms with Crippen molar-refractivity contribution in [1.82, 2.24) is 10.1 Å². The number of aromatic nitrogens is 2. The highest BCUT2D eigenvalue weighted by molar-refractivity contribution is 9.10. The molecule has 3 aromatic rings. The zero-order valence-electron chi connectivity index (χ0n) is 13.0. The molecule has 8 heteroatoms. The van der Waals surface area contributed by atoms with Crippen LogP contribution in [0.1, 0.15) is 5.76 Å². The van der Waals surface area contributed by atoms with Crippen LogP contribution in [0.25, 0.3) is 10.9 Å². The number of hydrogen-bond donors (Lipinski definition) is 1. The number of rotatable bonds is 4. The molecule has 0 atom stereocenters. The van der Waals surface area contributed by atoms with E-state index in [1.54, 1.807) is 37.1 Å². The normalized spacial score (nSPS) is 10.8. The molecule has 124 valence electrons. The molecule has 0 spiro atoms. The quantitative estimate of drug-likeness (QED) is 0.735. The van der Waals surface area contributed by atoms with E-state index in [2.05, 4.69) is 31.4 Å². The number of likely N-dealkylation sites (N-methyl/N-ethyl adjacent to an activating group) is 1. The largest absolute Gasteiger partial charge is 0.360 e. The van der Waals surface area contributed by atoms with Crippen molar-refractivity contribution in [2.45, 2.75) is 6.92 Å². The van der Waals surface area contributed by atoms with Crippen molar-refractivity contribution < 1.29 is 13.7 Å². The van der Waals surface area contributed by atoms with Crippen LogP contribution in [0.15, 0.2) is 39.3 Å². The Kier molecular flexibility index (Phi) is 4.48. The molecule has 1 N–H and O–H groups in total. The standard InChI is InChI=1S/C16H14BrFN4O2/c1-9-5-14(21-24-9)20-16(23)8-22(2)15-4-3-10-6-11(17)12(18)7-13(10)19-15/h3-7H,8H2,1-2H3,(H,20,21,23). The van der Waals surface area contributed by atoms with Gasteiger partial charge in [-0.25, -0.2) is 9.37 Å². The Bertz CT molecular complexity index is 912. The molecule has 0 aliphatic carbocycles. The summed E-state index contributed by atoms with van der Waals surface area (Å²) < 4.78 is 18.9. The van der Waals surface area contributed by atoms with Crippen molar-refractivity contribution >= 4 is 44.4 Å². The molecule has 0 saturated carbocycles. The number of carbonyl (C=O) groups excluding carboxylic acids is 1. The van der Waals surface area contributed by atoms with Gasteiger partial charge in [0.15, 0.2) is 5.82 Å². The van der Waals surface area contributed by atoms with Gasteiger partial charge in [0.25, 0.3) is 0 Å². The summed E-state index contributed by atoms with van der Waals surface area (Å²) in [6.07, 6.45) is 0. The molecule has 0 aliphatic rings. The number of hydrogen-bond acceptors (Lipinski definition) is 5. The summed E-state index contributed by atoms with van der Waals surface area (Å²) in [5, 5.41) is 7.15. The maximum atomic E-state index is 13.7. The van der Waals surface area contributed by atoms with E-state index in [1.165, 1.54) is 6.07 Å². The van der Waals surface area contributed by atoms with E-state index in [9.17, 15) is 9.18 Å². The summed E-state index contributed by atoms with van der Waals surface area (Å²) in [6, 6.07) is 8.26. The summed E-state index contributed by atoms with van der Waals surface area (Å²) in [7, 11) is 1.73. The second-order valence-corrected chi connectivity index (χ2v) is 6.21. The molecule has 0 radical (unpaired) electrons. The minimum Gasteiger partial charge on any atom is -0.360 e. The Morgan fingerprint density at radius 2 is 2.17 bits per heavy atom. The lowest BCUT2D eigenvalue weighted by Gasteiger charge is -2.17. The Balaban J connectivity index is 1.74. The predicted molar refractivity (Wildman–Crippen MR) is 92.5 cm³/mol. The first-order valence-corrected chi connectivity index (χ1v) is 7.92. The molecular formula is C16H14BrFN4O2. The topological polar surface area (TPSA) is 71.3 Å². The fourth-order valence-corrected chi connectivity index (χ4v) is 2.58. The fraction of sp³-hybridized carbons (Fsp3) is 0.188. The third kappa shape index (κ3) is 3.53. The number of carbonyl (C=O) groups is 1. The molecule has 2 aromatic heterocycles. The van der Waals surface area contributed by atoms with Gasteiger partial charge in [0.2, 0.25) is 5.91 Å². The van der Waals surface area contributed by atoms with Crippen molar-refractivity contribution in [3.63, 3.8) is 0 Å². The van der Waals surface area contributed by atoms with Gasteiger partial charge in [-0.05, 0) is 41.1 Å². The van der Waals surface area contributed by atoms with Crippen LogP contribution in [0, 0.1) is 12.7 Å². The first kappa shape index (κ1) is 16.4. The number of benzene rings is 1. The van der Waals surface area contributed by atoms with E-state index in [1.807, 2.05) is 6.07 Å². The third-order valence-corrected chi connectivity index (χ3v) is 3.99. The molecule has 0 bridgehead atoms. The van der Waals surface area contributed by atoms with Crippen molar-refractivity contribution in [3.05, 3.63) is 46.4 Å². The van der Waals surface area contributed by atoms with Crippen molar-refractivity contribution in [3.8, 4) is 0 Å². The Morgan fingerprint density at radius 3 is 2.88 bits per heavy atom. The lowest BCUT2D eigenvalue weighted by Crippen LogP contribution is -2.30. The summed E-state index contributed by atoms with van der Waals surface area (Å²) >= 11 is 3.15. The lowest BCUT2D eigenvalue weighted by atomic mass is 10.2. The summed E-state index contributed by atoms with van der Waals surface area (Å²) in [4.78, 5) is 18.1. The van der Waals surface area contributed by atoms with Crippen molar-refractivity contribution in [2.24, 2.45) is 0 Å². The van der Waals surface area contributed by atoms with Gasteiger partial charge in [-0.2, -0.15) is 0 Å². The Hall–Kier alpha value is -2.48. The van der Waals surface area contributed by atoms with E-state index in [0.717, 1.165) is 5.39 Å². The first-order valence-electron chi connectivity index (χ1n) is 7.12. The highest BCUT2D eigenvalue weighted by Gasteiger charge is 2.12. The number of fused-ring (bicyclic) bond motifs is 1. The van der Waals surface area contributed by atoms with Gasteiger partial charge in [-0.15, -0.1) is 0 Å². The van der Waals surface area contributed by atoms with E-state index in [4.69, 9.17) is 4.52 Å². The molecule has 24 heavy (non-hydrogen) atoms. The van der Waals surface area contributed by atoms with Crippen molar-refractivity contribution in [2.75, 3.05) is 23.8 Å². The van der Waals surface area contributed by atoms with E-state index in [0.29, 0.717) is 27.4 Å². The Labute approximate surface area is 145 Å². The second kappa shape index (κ2) is 6.56. The van der Waals surface area contributed by atoms with Gasteiger partial charge < -0.3 is 14.7 Å². The summed E-state index contributed by atoms with van der Waals surface area (Å²) in [5.74, 6) is 0.909. The van der Waals surface area contributed by atoms with E-state index >= 15 is 0 Å². The number of aryl methyl sites for hydroxylation is 1. The molecule has 2 heterocycles. The van der Waals surface area contributed by atoms with Crippen LogP contribution in [-0.4, -0.2) is 29.6 Å². The summed E-state index contributed by atoms with van der Waals surface area (Å²) in [6.45, 7) is 1.81. The molecule has 0 saturated heterocycles.